The minimum Gasteiger partial charge on any atom is -0.492 e. The molecule has 1 aliphatic carbocycles. The van der Waals surface area contributed by atoms with Gasteiger partial charge in [-0.2, -0.15) is 0 Å². The molecule has 5 rings (SSSR count). The van der Waals surface area contributed by atoms with Gasteiger partial charge >= 0.3 is 0 Å². The third-order valence-electron chi connectivity index (χ3n) is 7.07. The molecule has 1 saturated carbocycles. The summed E-state index contributed by atoms with van der Waals surface area (Å²) < 4.78 is 6.40. The van der Waals surface area contributed by atoms with Crippen LogP contribution in [0.25, 0.3) is 11.1 Å². The number of hydrogen-bond acceptors (Lipinski definition) is 4. The Morgan fingerprint density at radius 2 is 1.74 bits per heavy atom. The van der Waals surface area contributed by atoms with Crippen LogP contribution in [0.2, 0.25) is 0 Å². The van der Waals surface area contributed by atoms with Crippen molar-refractivity contribution in [3.8, 4) is 16.9 Å². The van der Waals surface area contributed by atoms with Crippen LogP contribution in [0.15, 0.2) is 67.0 Å². The Labute approximate surface area is 202 Å². The Balaban J connectivity index is 1.45. The van der Waals surface area contributed by atoms with Gasteiger partial charge in [-0.3, -0.25) is 14.7 Å². The van der Waals surface area contributed by atoms with Crippen LogP contribution in [0.1, 0.15) is 53.6 Å². The predicted molar refractivity (Wildman–Crippen MR) is 135 cm³/mol. The van der Waals surface area contributed by atoms with Gasteiger partial charge in [0.25, 0.3) is 5.91 Å². The first-order valence-electron chi connectivity index (χ1n) is 12.5. The number of ether oxygens (including phenoxy) is 1. The number of nitrogens with zero attached hydrogens (tertiary/aromatic N) is 2. The highest BCUT2D eigenvalue weighted by Gasteiger charge is 2.21. The van der Waals surface area contributed by atoms with Crippen LogP contribution >= 0.6 is 0 Å². The molecule has 5 nitrogen and oxygen atoms in total. The van der Waals surface area contributed by atoms with Gasteiger partial charge < -0.3 is 10.1 Å². The van der Waals surface area contributed by atoms with Crippen LogP contribution in [0, 0.1) is 0 Å². The van der Waals surface area contributed by atoms with E-state index >= 15 is 0 Å². The van der Waals surface area contributed by atoms with Crippen LogP contribution < -0.4 is 10.1 Å². The standard InChI is InChI=1S/C29H33N3O2/c33-29-25-6-4-5-22(19-25)20-26-21-24(23-11-13-30-14-12-23)9-10-28(26)34-18-17-32(16-15-31-29)27-7-2-1-3-8-27/h4-6,9-14,19,21,27H,1-3,7-8,15-18,20H2,(H,31,33). The molecule has 176 valence electrons. The van der Waals surface area contributed by atoms with E-state index in [0.717, 1.165) is 41.1 Å². The maximum absolute atomic E-state index is 12.9. The Hall–Kier alpha value is -3.18. The lowest BCUT2D eigenvalue weighted by molar-refractivity contribution is 0.0930. The fraction of sp³-hybridized carbons (Fsp3) is 0.379. The molecular formula is C29H33N3O2. The summed E-state index contributed by atoms with van der Waals surface area (Å²) in [6.07, 6.45) is 10.7. The topological polar surface area (TPSA) is 54.5 Å². The molecular weight excluding hydrogens is 422 g/mol. The fourth-order valence-electron chi connectivity index (χ4n) is 5.24. The van der Waals surface area contributed by atoms with Crippen molar-refractivity contribution in [3.63, 3.8) is 0 Å². The fourth-order valence-corrected chi connectivity index (χ4v) is 5.24. The van der Waals surface area contributed by atoms with Gasteiger partial charge in [0.1, 0.15) is 12.4 Å². The highest BCUT2D eigenvalue weighted by molar-refractivity contribution is 5.94. The molecule has 1 N–H and O–H groups in total. The van der Waals surface area contributed by atoms with E-state index in [0.29, 0.717) is 31.2 Å². The Morgan fingerprint density at radius 1 is 0.882 bits per heavy atom. The van der Waals surface area contributed by atoms with Crippen molar-refractivity contribution in [2.24, 2.45) is 0 Å². The Kier molecular flexibility index (Phi) is 7.20. The largest absolute Gasteiger partial charge is 0.492 e. The molecule has 0 atom stereocenters. The number of rotatable bonds is 2. The normalized spacial score (nSPS) is 18.3. The summed E-state index contributed by atoms with van der Waals surface area (Å²) in [5.74, 6) is 0.929. The Morgan fingerprint density at radius 3 is 2.59 bits per heavy atom. The van der Waals surface area contributed by atoms with E-state index in [1.807, 2.05) is 42.7 Å². The highest BCUT2D eigenvalue weighted by atomic mass is 16.5. The predicted octanol–water partition coefficient (Wildman–Crippen LogP) is 5.10. The molecule has 1 aromatic heterocycles. The lowest BCUT2D eigenvalue weighted by Gasteiger charge is -2.34. The molecule has 34 heavy (non-hydrogen) atoms. The zero-order chi connectivity index (χ0) is 23.2. The van der Waals surface area contributed by atoms with Crippen molar-refractivity contribution >= 4 is 5.91 Å². The van der Waals surface area contributed by atoms with Gasteiger partial charge in [0, 0.05) is 50.1 Å². The summed E-state index contributed by atoms with van der Waals surface area (Å²) >= 11 is 0. The zero-order valence-corrected chi connectivity index (χ0v) is 19.7. The molecule has 5 heteroatoms. The molecule has 2 bridgehead atoms. The molecule has 1 fully saturated rings. The number of aromatic nitrogens is 1. The monoisotopic (exact) mass is 455 g/mol. The van der Waals surface area contributed by atoms with Gasteiger partial charge in [-0.25, -0.2) is 0 Å². The molecule has 3 aromatic rings. The first kappa shape index (κ1) is 22.6. The van der Waals surface area contributed by atoms with Gasteiger partial charge in [-0.05, 0) is 71.5 Å². The summed E-state index contributed by atoms with van der Waals surface area (Å²) in [6.45, 7) is 3.03. The van der Waals surface area contributed by atoms with Crippen LogP contribution in [-0.2, 0) is 6.42 Å². The molecule has 1 amide bonds. The molecule has 1 aliphatic heterocycles. The van der Waals surface area contributed by atoms with Crippen LogP contribution in [-0.4, -0.2) is 48.1 Å². The van der Waals surface area contributed by atoms with Crippen molar-refractivity contribution in [3.05, 3.63) is 83.7 Å². The van der Waals surface area contributed by atoms with E-state index < -0.39 is 0 Å². The smallest absolute Gasteiger partial charge is 0.251 e. The van der Waals surface area contributed by atoms with E-state index in [2.05, 4.69) is 39.5 Å². The third-order valence-corrected chi connectivity index (χ3v) is 7.07. The third kappa shape index (κ3) is 5.48. The van der Waals surface area contributed by atoms with E-state index in [1.165, 1.54) is 32.1 Å². The van der Waals surface area contributed by atoms with E-state index in [4.69, 9.17) is 4.74 Å². The lowest BCUT2D eigenvalue weighted by Crippen LogP contribution is -2.44. The van der Waals surface area contributed by atoms with Crippen molar-refractivity contribution < 1.29 is 9.53 Å². The number of benzene rings is 2. The number of carbonyl (C=O) groups is 1. The minimum atomic E-state index is 0.00418. The average molecular weight is 456 g/mol. The first-order valence-corrected chi connectivity index (χ1v) is 12.5. The number of fused-ring (bicyclic) bond motifs is 3. The van der Waals surface area contributed by atoms with Crippen LogP contribution in [0.3, 0.4) is 0 Å². The second-order valence-corrected chi connectivity index (χ2v) is 9.37. The molecule has 0 saturated heterocycles. The molecule has 0 radical (unpaired) electrons. The lowest BCUT2D eigenvalue weighted by atomic mass is 9.94. The quantitative estimate of drug-likeness (QED) is 0.584. The van der Waals surface area contributed by atoms with Gasteiger partial charge in [0.2, 0.25) is 0 Å². The second kappa shape index (κ2) is 10.8. The number of carbonyl (C=O) groups excluding carboxylic acids is 1. The number of amides is 1. The van der Waals surface area contributed by atoms with Gasteiger partial charge in [0.15, 0.2) is 0 Å². The maximum Gasteiger partial charge on any atom is 0.251 e. The summed E-state index contributed by atoms with van der Waals surface area (Å²) in [6, 6.07) is 19.0. The highest BCUT2D eigenvalue weighted by Crippen LogP contribution is 2.29. The molecule has 2 heterocycles. The number of nitrogens with one attached hydrogen (secondary N) is 1. The zero-order valence-electron chi connectivity index (χ0n) is 19.7. The van der Waals surface area contributed by atoms with Gasteiger partial charge in [0.05, 0.1) is 0 Å². The average Bonchev–Trinajstić information content (AvgIpc) is 2.89. The van der Waals surface area contributed by atoms with E-state index in [-0.39, 0.29) is 5.91 Å². The molecule has 0 spiro atoms. The molecule has 2 aromatic carbocycles. The van der Waals surface area contributed by atoms with Gasteiger partial charge in [-0.15, -0.1) is 0 Å². The summed E-state index contributed by atoms with van der Waals surface area (Å²) in [5, 5.41) is 3.14. The van der Waals surface area contributed by atoms with Gasteiger partial charge in [-0.1, -0.05) is 37.5 Å². The van der Waals surface area contributed by atoms with Crippen molar-refractivity contribution in [2.75, 3.05) is 26.2 Å². The summed E-state index contributed by atoms with van der Waals surface area (Å²) in [7, 11) is 0. The van der Waals surface area contributed by atoms with E-state index in [9.17, 15) is 4.79 Å². The summed E-state index contributed by atoms with van der Waals surface area (Å²) in [5.41, 5.74) is 5.22. The number of pyridine rings is 1. The molecule has 0 unspecified atom stereocenters. The van der Waals surface area contributed by atoms with Crippen molar-refractivity contribution in [1.29, 1.82) is 0 Å². The second-order valence-electron chi connectivity index (χ2n) is 9.37. The molecule has 2 aliphatic rings. The Bertz CT molecular complexity index is 1110. The van der Waals surface area contributed by atoms with Crippen molar-refractivity contribution in [1.82, 2.24) is 15.2 Å². The van der Waals surface area contributed by atoms with Crippen molar-refractivity contribution in [2.45, 2.75) is 44.6 Å². The van der Waals surface area contributed by atoms with Crippen LogP contribution in [0.4, 0.5) is 0 Å². The first-order chi connectivity index (χ1) is 16.8. The minimum absolute atomic E-state index is 0.00418. The van der Waals surface area contributed by atoms with Crippen LogP contribution in [0.5, 0.6) is 5.75 Å². The summed E-state index contributed by atoms with van der Waals surface area (Å²) in [4.78, 5) is 19.5. The number of hydrogen-bond donors (Lipinski definition) is 1. The van der Waals surface area contributed by atoms with E-state index in [1.54, 1.807) is 0 Å². The maximum atomic E-state index is 12.9. The SMILES string of the molecule is O=C1NCCN(C2CCCCC2)CCOc2ccc(-c3ccncc3)cc2Cc2cccc1c2.